The summed E-state index contributed by atoms with van der Waals surface area (Å²) in [5, 5.41) is 14.7. The first-order chi connectivity index (χ1) is 11.7. The SMILES string of the molecule is CC(=O)NC1CC2CCC(C1)N2c1ccc(C#N)c2ccccc12. The third-order valence-electron chi connectivity index (χ3n) is 5.44. The summed E-state index contributed by atoms with van der Waals surface area (Å²) in [6.07, 6.45) is 4.36. The van der Waals surface area contributed by atoms with Crippen molar-refractivity contribution in [1.82, 2.24) is 5.32 Å². The van der Waals surface area contributed by atoms with Crippen LogP contribution < -0.4 is 10.2 Å². The van der Waals surface area contributed by atoms with E-state index in [9.17, 15) is 10.1 Å². The zero-order valence-corrected chi connectivity index (χ0v) is 13.8. The molecular formula is C20H21N3O. The van der Waals surface area contributed by atoms with Gasteiger partial charge in [-0.25, -0.2) is 0 Å². The number of amides is 1. The summed E-state index contributed by atoms with van der Waals surface area (Å²) in [4.78, 5) is 13.9. The van der Waals surface area contributed by atoms with Crippen LogP contribution in [0.15, 0.2) is 36.4 Å². The fraction of sp³-hybridized carbons (Fsp3) is 0.400. The number of fused-ring (bicyclic) bond motifs is 3. The predicted molar refractivity (Wildman–Crippen MR) is 94.8 cm³/mol. The van der Waals surface area contributed by atoms with Crippen LogP contribution in [0.3, 0.4) is 0 Å². The summed E-state index contributed by atoms with van der Waals surface area (Å²) in [6.45, 7) is 1.60. The van der Waals surface area contributed by atoms with E-state index in [4.69, 9.17) is 0 Å². The average molecular weight is 319 g/mol. The molecule has 2 bridgehead atoms. The minimum atomic E-state index is 0.0664. The molecule has 122 valence electrons. The van der Waals surface area contributed by atoms with Crippen molar-refractivity contribution in [2.75, 3.05) is 4.90 Å². The van der Waals surface area contributed by atoms with Crippen molar-refractivity contribution >= 4 is 22.4 Å². The largest absolute Gasteiger partial charge is 0.365 e. The van der Waals surface area contributed by atoms with Gasteiger partial charge in [0.1, 0.15) is 0 Å². The van der Waals surface area contributed by atoms with E-state index < -0.39 is 0 Å². The first kappa shape index (κ1) is 15.0. The second-order valence-electron chi connectivity index (χ2n) is 6.95. The lowest BCUT2D eigenvalue weighted by Crippen LogP contribution is -2.50. The highest BCUT2D eigenvalue weighted by Gasteiger charge is 2.41. The minimum Gasteiger partial charge on any atom is -0.365 e. The summed E-state index contributed by atoms with van der Waals surface area (Å²) in [5.74, 6) is 0.0664. The molecule has 0 saturated carbocycles. The van der Waals surface area contributed by atoms with Gasteiger partial charge in [-0.3, -0.25) is 4.79 Å². The van der Waals surface area contributed by atoms with E-state index in [0.29, 0.717) is 18.1 Å². The molecule has 0 radical (unpaired) electrons. The van der Waals surface area contributed by atoms with E-state index in [1.54, 1.807) is 6.92 Å². The second kappa shape index (κ2) is 5.83. The van der Waals surface area contributed by atoms with Crippen LogP contribution in [0, 0.1) is 11.3 Å². The van der Waals surface area contributed by atoms with Gasteiger partial charge in [-0.1, -0.05) is 24.3 Å². The molecule has 1 N–H and O–H groups in total. The number of nitriles is 1. The molecule has 2 saturated heterocycles. The Hall–Kier alpha value is -2.54. The van der Waals surface area contributed by atoms with Crippen LogP contribution in [0.1, 0.15) is 38.2 Å². The summed E-state index contributed by atoms with van der Waals surface area (Å²) in [6, 6.07) is 15.8. The fourth-order valence-electron chi connectivity index (χ4n) is 4.58. The van der Waals surface area contributed by atoms with E-state index in [1.807, 2.05) is 24.3 Å². The standard InChI is InChI=1S/C20H21N3O/c1-13(24)22-15-10-16-7-8-17(11-15)23(16)20-9-6-14(12-21)18-4-2-3-5-19(18)20/h2-6,9,15-17H,7-8,10-11H2,1H3,(H,22,24). The van der Waals surface area contributed by atoms with E-state index in [2.05, 4.69) is 28.4 Å². The van der Waals surface area contributed by atoms with Gasteiger partial charge in [0.2, 0.25) is 5.91 Å². The smallest absolute Gasteiger partial charge is 0.217 e. The zero-order valence-electron chi connectivity index (χ0n) is 13.8. The number of nitrogens with zero attached hydrogens (tertiary/aromatic N) is 2. The molecule has 4 rings (SSSR count). The van der Waals surface area contributed by atoms with Crippen molar-refractivity contribution in [3.05, 3.63) is 42.0 Å². The van der Waals surface area contributed by atoms with Crippen LogP contribution in [0.25, 0.3) is 10.8 Å². The third-order valence-corrected chi connectivity index (χ3v) is 5.44. The molecule has 0 aliphatic carbocycles. The average Bonchev–Trinajstić information content (AvgIpc) is 2.83. The highest BCUT2D eigenvalue weighted by molar-refractivity contribution is 5.98. The van der Waals surface area contributed by atoms with Gasteiger partial charge in [0.05, 0.1) is 11.6 Å². The summed E-state index contributed by atoms with van der Waals surface area (Å²) < 4.78 is 0. The molecule has 2 aliphatic heterocycles. The van der Waals surface area contributed by atoms with E-state index in [0.717, 1.165) is 29.2 Å². The van der Waals surface area contributed by atoms with Gasteiger partial charge in [-0.2, -0.15) is 5.26 Å². The number of anilines is 1. The first-order valence-electron chi connectivity index (χ1n) is 8.64. The van der Waals surface area contributed by atoms with Gasteiger partial charge in [-0.15, -0.1) is 0 Å². The summed E-state index contributed by atoms with van der Waals surface area (Å²) in [7, 11) is 0. The molecule has 2 aromatic rings. The predicted octanol–water partition coefficient (Wildman–Crippen LogP) is 3.35. The van der Waals surface area contributed by atoms with Crippen LogP contribution in [0.5, 0.6) is 0 Å². The van der Waals surface area contributed by atoms with Crippen molar-refractivity contribution in [2.24, 2.45) is 0 Å². The number of carbonyl (C=O) groups is 1. The molecule has 4 nitrogen and oxygen atoms in total. The van der Waals surface area contributed by atoms with Gasteiger partial charge >= 0.3 is 0 Å². The van der Waals surface area contributed by atoms with Crippen LogP contribution in [0.2, 0.25) is 0 Å². The second-order valence-corrected chi connectivity index (χ2v) is 6.95. The van der Waals surface area contributed by atoms with Gasteiger partial charge in [0, 0.05) is 41.5 Å². The van der Waals surface area contributed by atoms with Crippen LogP contribution in [-0.2, 0) is 4.79 Å². The Morgan fingerprint density at radius 3 is 2.42 bits per heavy atom. The third kappa shape index (κ3) is 2.41. The molecule has 0 spiro atoms. The molecule has 2 heterocycles. The minimum absolute atomic E-state index is 0.0664. The number of rotatable bonds is 2. The van der Waals surface area contributed by atoms with Crippen LogP contribution in [0.4, 0.5) is 5.69 Å². The lowest BCUT2D eigenvalue weighted by Gasteiger charge is -2.41. The maximum Gasteiger partial charge on any atom is 0.217 e. The fourth-order valence-corrected chi connectivity index (χ4v) is 4.58. The molecule has 24 heavy (non-hydrogen) atoms. The zero-order chi connectivity index (χ0) is 16.7. The lowest BCUT2D eigenvalue weighted by atomic mass is 9.94. The summed E-state index contributed by atoms with van der Waals surface area (Å²) in [5.41, 5.74) is 1.97. The highest BCUT2D eigenvalue weighted by atomic mass is 16.1. The molecule has 1 amide bonds. The molecular weight excluding hydrogens is 298 g/mol. The van der Waals surface area contributed by atoms with Crippen molar-refractivity contribution in [2.45, 2.75) is 50.7 Å². The van der Waals surface area contributed by atoms with Gasteiger partial charge in [0.25, 0.3) is 0 Å². The Bertz CT molecular complexity index is 824. The maximum atomic E-state index is 11.4. The molecule has 0 aromatic heterocycles. The Balaban J connectivity index is 1.72. The van der Waals surface area contributed by atoms with Crippen LogP contribution >= 0.6 is 0 Å². The van der Waals surface area contributed by atoms with Crippen molar-refractivity contribution in [1.29, 1.82) is 5.26 Å². The Kier molecular flexibility index (Phi) is 3.65. The van der Waals surface area contributed by atoms with Crippen molar-refractivity contribution < 1.29 is 4.79 Å². The quantitative estimate of drug-likeness (QED) is 0.923. The topological polar surface area (TPSA) is 56.1 Å². The number of nitrogens with one attached hydrogen (secondary N) is 1. The van der Waals surface area contributed by atoms with Gasteiger partial charge in [-0.05, 0) is 37.8 Å². The molecule has 2 aromatic carbocycles. The molecule has 2 fully saturated rings. The Morgan fingerprint density at radius 1 is 1.12 bits per heavy atom. The lowest BCUT2D eigenvalue weighted by molar-refractivity contribution is -0.119. The van der Waals surface area contributed by atoms with Crippen molar-refractivity contribution in [3.8, 4) is 6.07 Å². The molecule has 2 atom stereocenters. The highest BCUT2D eigenvalue weighted by Crippen LogP contribution is 2.42. The van der Waals surface area contributed by atoms with Crippen LogP contribution in [-0.4, -0.2) is 24.0 Å². The maximum absolute atomic E-state index is 11.4. The van der Waals surface area contributed by atoms with Gasteiger partial charge in [0.15, 0.2) is 0 Å². The van der Waals surface area contributed by atoms with Gasteiger partial charge < -0.3 is 10.2 Å². The number of piperidine rings is 1. The number of benzene rings is 2. The molecule has 4 heteroatoms. The van der Waals surface area contributed by atoms with E-state index in [-0.39, 0.29) is 5.91 Å². The summed E-state index contributed by atoms with van der Waals surface area (Å²) >= 11 is 0. The molecule has 2 unspecified atom stereocenters. The Morgan fingerprint density at radius 2 is 1.79 bits per heavy atom. The number of hydrogen-bond donors (Lipinski definition) is 1. The van der Waals surface area contributed by atoms with E-state index in [1.165, 1.54) is 18.5 Å². The first-order valence-corrected chi connectivity index (χ1v) is 8.64. The number of carbonyl (C=O) groups excluding carboxylic acids is 1. The normalized spacial score (nSPS) is 25.5. The monoisotopic (exact) mass is 319 g/mol. The number of hydrogen-bond acceptors (Lipinski definition) is 3. The van der Waals surface area contributed by atoms with Crippen molar-refractivity contribution in [3.63, 3.8) is 0 Å². The Labute approximate surface area is 142 Å². The van der Waals surface area contributed by atoms with E-state index >= 15 is 0 Å². The molecule has 2 aliphatic rings.